The summed E-state index contributed by atoms with van der Waals surface area (Å²) in [5, 5.41) is 12.1. The molecule has 2 unspecified atom stereocenters. The summed E-state index contributed by atoms with van der Waals surface area (Å²) in [5.41, 5.74) is 0.607. The second-order valence-electron chi connectivity index (χ2n) is 6.62. The molecule has 0 radical (unpaired) electrons. The smallest absolute Gasteiger partial charge is 0.357 e. The Kier molecular flexibility index (Phi) is 4.23. The summed E-state index contributed by atoms with van der Waals surface area (Å²) in [6.45, 7) is 0. The number of nitriles is 1. The first-order valence-electron chi connectivity index (χ1n) is 8.38. The van der Waals surface area contributed by atoms with Crippen LogP contribution in [0.25, 0.3) is 0 Å². The van der Waals surface area contributed by atoms with Crippen molar-refractivity contribution in [2.75, 3.05) is 0 Å². The molecule has 0 spiro atoms. The van der Waals surface area contributed by atoms with E-state index in [-0.39, 0.29) is 12.1 Å². The molecule has 2 aliphatic rings. The molecular weight excluding hydrogens is 350 g/mol. The lowest BCUT2D eigenvalue weighted by atomic mass is 9.72. The highest BCUT2D eigenvalue weighted by Gasteiger charge is 2.49. The third-order valence-corrected chi connectivity index (χ3v) is 5.20. The van der Waals surface area contributed by atoms with Crippen molar-refractivity contribution in [2.24, 2.45) is 0 Å². The number of pyridine rings is 1. The number of rotatable bonds is 3. The second kappa shape index (κ2) is 6.56. The summed E-state index contributed by atoms with van der Waals surface area (Å²) < 4.78 is 0. The third kappa shape index (κ3) is 2.88. The van der Waals surface area contributed by atoms with E-state index in [4.69, 9.17) is 16.4 Å². The van der Waals surface area contributed by atoms with E-state index in [9.17, 15) is 10.1 Å². The van der Waals surface area contributed by atoms with Gasteiger partial charge < -0.3 is 4.84 Å². The van der Waals surface area contributed by atoms with Crippen molar-refractivity contribution in [1.82, 2.24) is 10.0 Å². The molecule has 2 aliphatic heterocycles. The first-order chi connectivity index (χ1) is 12.6. The number of hydrogen-bond donors (Lipinski definition) is 0. The van der Waals surface area contributed by atoms with Crippen LogP contribution in [0.3, 0.4) is 0 Å². The lowest BCUT2D eigenvalue weighted by Gasteiger charge is -2.41. The van der Waals surface area contributed by atoms with Crippen LogP contribution in [0.15, 0.2) is 60.9 Å². The third-order valence-electron chi connectivity index (χ3n) is 4.99. The van der Waals surface area contributed by atoms with E-state index >= 15 is 0 Å². The minimum absolute atomic E-state index is 0.153. The lowest BCUT2D eigenvalue weighted by Crippen LogP contribution is -2.50. The molecule has 3 heterocycles. The molecule has 1 aromatic heterocycles. The van der Waals surface area contributed by atoms with Crippen LogP contribution in [0.5, 0.6) is 0 Å². The van der Waals surface area contributed by atoms with Crippen molar-refractivity contribution in [2.45, 2.75) is 30.3 Å². The molecule has 4 rings (SSSR count). The van der Waals surface area contributed by atoms with Gasteiger partial charge in [-0.3, -0.25) is 4.98 Å². The molecule has 130 valence electrons. The molecule has 1 saturated heterocycles. The highest BCUT2D eigenvalue weighted by molar-refractivity contribution is 6.30. The molecule has 5 nitrogen and oxygen atoms in total. The minimum atomic E-state index is -0.702. The second-order valence-corrected chi connectivity index (χ2v) is 7.05. The molecule has 0 saturated carbocycles. The Bertz CT molecular complexity index is 891. The Hall–Kier alpha value is -2.68. The van der Waals surface area contributed by atoms with Gasteiger partial charge in [0.05, 0.1) is 34.2 Å². The van der Waals surface area contributed by atoms with Gasteiger partial charge in [-0.2, -0.15) is 5.26 Å². The van der Waals surface area contributed by atoms with Gasteiger partial charge in [0.25, 0.3) is 0 Å². The van der Waals surface area contributed by atoms with E-state index in [0.717, 1.165) is 5.56 Å². The number of piperidine rings is 1. The van der Waals surface area contributed by atoms with E-state index in [1.807, 2.05) is 18.2 Å². The van der Waals surface area contributed by atoms with Crippen LogP contribution in [-0.2, 0) is 10.3 Å². The molecule has 0 N–H and O–H groups in total. The van der Waals surface area contributed by atoms with Crippen molar-refractivity contribution < 1.29 is 9.63 Å². The minimum Gasteiger partial charge on any atom is -0.363 e. The van der Waals surface area contributed by atoms with E-state index in [1.165, 1.54) is 0 Å². The number of aromatic nitrogens is 1. The van der Waals surface area contributed by atoms with E-state index in [0.29, 0.717) is 23.4 Å². The average Bonchev–Trinajstić information content (AvgIpc) is 2.91. The highest BCUT2D eigenvalue weighted by Crippen LogP contribution is 2.44. The van der Waals surface area contributed by atoms with Crippen molar-refractivity contribution in [3.05, 3.63) is 77.1 Å². The SMILES string of the molecule is N#CC1(c2cncc(Cl)c2)CC2C=CC(C1)N2OC(=O)c1ccccc1. The number of benzene rings is 1. The summed E-state index contributed by atoms with van der Waals surface area (Å²) in [7, 11) is 0. The van der Waals surface area contributed by atoms with Gasteiger partial charge in [-0.05, 0) is 36.6 Å². The summed E-state index contributed by atoms with van der Waals surface area (Å²) in [6.07, 6.45) is 8.28. The number of fused-ring (bicyclic) bond motifs is 2. The standard InChI is InChI=1S/C20H16ClN3O2/c21-16-8-15(11-23-12-16)20(13-22)9-17-6-7-18(10-20)24(17)26-19(25)14-4-2-1-3-5-14/h1-8,11-12,17-18H,9-10H2. The van der Waals surface area contributed by atoms with Crippen molar-refractivity contribution in [1.29, 1.82) is 5.26 Å². The molecule has 1 fully saturated rings. The largest absolute Gasteiger partial charge is 0.363 e. The van der Waals surface area contributed by atoms with E-state index in [1.54, 1.807) is 47.8 Å². The van der Waals surface area contributed by atoms with Gasteiger partial charge in [0.15, 0.2) is 0 Å². The molecule has 26 heavy (non-hydrogen) atoms. The van der Waals surface area contributed by atoms with Crippen LogP contribution in [0.4, 0.5) is 0 Å². The quantitative estimate of drug-likeness (QED) is 0.776. The molecule has 0 aliphatic carbocycles. The number of carbonyl (C=O) groups excluding carboxylic acids is 1. The van der Waals surface area contributed by atoms with Gasteiger partial charge in [0.2, 0.25) is 0 Å². The van der Waals surface area contributed by atoms with Gasteiger partial charge in [0, 0.05) is 12.4 Å². The zero-order chi connectivity index (χ0) is 18.1. The van der Waals surface area contributed by atoms with Gasteiger partial charge in [0.1, 0.15) is 0 Å². The normalized spacial score (nSPS) is 27.1. The Morgan fingerprint density at radius 3 is 2.54 bits per heavy atom. The topological polar surface area (TPSA) is 66.2 Å². The molecule has 6 heteroatoms. The van der Waals surface area contributed by atoms with Crippen LogP contribution in [0, 0.1) is 11.3 Å². The Morgan fingerprint density at radius 2 is 1.92 bits per heavy atom. The van der Waals surface area contributed by atoms with Crippen LogP contribution in [-0.4, -0.2) is 28.1 Å². The predicted octanol–water partition coefficient (Wildman–Crippen LogP) is 3.67. The Morgan fingerprint density at radius 1 is 1.23 bits per heavy atom. The number of halogens is 1. The van der Waals surface area contributed by atoms with Gasteiger partial charge in [-0.1, -0.05) is 42.0 Å². The highest BCUT2D eigenvalue weighted by atomic mass is 35.5. The summed E-state index contributed by atoms with van der Waals surface area (Å²) in [6, 6.07) is 12.8. The summed E-state index contributed by atoms with van der Waals surface area (Å²) >= 11 is 6.07. The molecular formula is C20H16ClN3O2. The number of carbonyl (C=O) groups is 1. The molecule has 1 aromatic carbocycles. The monoisotopic (exact) mass is 365 g/mol. The van der Waals surface area contributed by atoms with Gasteiger partial charge in [-0.15, -0.1) is 5.06 Å². The lowest BCUT2D eigenvalue weighted by molar-refractivity contribution is -0.158. The van der Waals surface area contributed by atoms with Crippen LogP contribution in [0.2, 0.25) is 5.02 Å². The fraction of sp³-hybridized carbons (Fsp3) is 0.250. The first-order valence-corrected chi connectivity index (χ1v) is 8.75. The van der Waals surface area contributed by atoms with Gasteiger partial charge in [-0.25, -0.2) is 4.79 Å². The maximum atomic E-state index is 12.4. The first kappa shape index (κ1) is 16.8. The maximum absolute atomic E-state index is 12.4. The Balaban J connectivity index is 1.56. The molecule has 2 bridgehead atoms. The molecule has 2 aromatic rings. The zero-order valence-electron chi connectivity index (χ0n) is 13.9. The fourth-order valence-electron chi connectivity index (χ4n) is 3.71. The average molecular weight is 366 g/mol. The van der Waals surface area contributed by atoms with Crippen molar-refractivity contribution in [3.8, 4) is 6.07 Å². The predicted molar refractivity (Wildman–Crippen MR) is 96.2 cm³/mol. The molecule has 2 atom stereocenters. The van der Waals surface area contributed by atoms with Crippen LogP contribution in [0.1, 0.15) is 28.8 Å². The van der Waals surface area contributed by atoms with Crippen LogP contribution < -0.4 is 0 Å². The van der Waals surface area contributed by atoms with Gasteiger partial charge >= 0.3 is 5.97 Å². The maximum Gasteiger partial charge on any atom is 0.357 e. The fourth-order valence-corrected chi connectivity index (χ4v) is 3.88. The summed E-state index contributed by atoms with van der Waals surface area (Å²) in [4.78, 5) is 22.2. The van der Waals surface area contributed by atoms with Crippen molar-refractivity contribution >= 4 is 17.6 Å². The van der Waals surface area contributed by atoms with Crippen LogP contribution >= 0.6 is 11.6 Å². The molecule has 0 amide bonds. The zero-order valence-corrected chi connectivity index (χ0v) is 14.6. The van der Waals surface area contributed by atoms with Crippen molar-refractivity contribution in [3.63, 3.8) is 0 Å². The summed E-state index contributed by atoms with van der Waals surface area (Å²) in [5.74, 6) is -0.391. The van der Waals surface area contributed by atoms with E-state index in [2.05, 4.69) is 11.1 Å². The number of hydroxylamine groups is 2. The number of hydrogen-bond acceptors (Lipinski definition) is 5. The number of nitrogens with zero attached hydrogens (tertiary/aromatic N) is 3. The van der Waals surface area contributed by atoms with E-state index < -0.39 is 11.4 Å². The Labute approximate surface area is 156 Å².